The van der Waals surface area contributed by atoms with Crippen molar-refractivity contribution in [3.8, 4) is 5.75 Å². The topological polar surface area (TPSA) is 80.0 Å². The minimum atomic E-state index is -0.585. The number of furan rings is 1. The number of halogens is 1. The summed E-state index contributed by atoms with van der Waals surface area (Å²) in [5.74, 6) is -1.35. The Kier molecular flexibility index (Phi) is 5.40. The Morgan fingerprint density at radius 3 is 2.74 bits per heavy atom. The third kappa shape index (κ3) is 4.44. The fourth-order valence-electron chi connectivity index (χ4n) is 2.64. The summed E-state index contributed by atoms with van der Waals surface area (Å²) in [6.45, 7) is -0.348. The first-order chi connectivity index (χ1) is 12.9. The Morgan fingerprint density at radius 1 is 1.19 bits per heavy atom. The van der Waals surface area contributed by atoms with Crippen LogP contribution in [0.1, 0.15) is 11.1 Å². The molecule has 1 aromatic heterocycles. The lowest BCUT2D eigenvalue weighted by atomic mass is 10.1. The highest BCUT2D eigenvalue weighted by atomic mass is 19.1. The van der Waals surface area contributed by atoms with Gasteiger partial charge in [0, 0.05) is 36.2 Å². The van der Waals surface area contributed by atoms with Gasteiger partial charge in [-0.3, -0.25) is 9.59 Å². The van der Waals surface area contributed by atoms with E-state index in [4.69, 9.17) is 9.15 Å². The number of hydrogen-bond donors (Lipinski definition) is 1. The quantitative estimate of drug-likeness (QED) is 0.674. The zero-order chi connectivity index (χ0) is 19.4. The highest BCUT2D eigenvalue weighted by molar-refractivity contribution is 5.87. The Bertz CT molecular complexity index is 981. The summed E-state index contributed by atoms with van der Waals surface area (Å²) in [6, 6.07) is 10.8. The maximum Gasteiger partial charge on any atom is 0.310 e. The van der Waals surface area contributed by atoms with E-state index in [-0.39, 0.29) is 18.7 Å². The molecule has 140 valence electrons. The number of aromatic hydroxyl groups is 1. The molecule has 3 rings (SSSR count). The third-order valence-corrected chi connectivity index (χ3v) is 4.12. The van der Waals surface area contributed by atoms with Crippen LogP contribution in [0.3, 0.4) is 0 Å². The molecule has 0 bridgehead atoms. The number of esters is 1. The molecule has 1 N–H and O–H groups in total. The molecule has 0 unspecified atom stereocenters. The summed E-state index contributed by atoms with van der Waals surface area (Å²) >= 11 is 0. The molecule has 0 aliphatic heterocycles. The fourth-order valence-corrected chi connectivity index (χ4v) is 2.64. The van der Waals surface area contributed by atoms with Crippen molar-refractivity contribution in [1.82, 2.24) is 4.90 Å². The molecule has 6 nitrogen and oxygen atoms in total. The van der Waals surface area contributed by atoms with Crippen LogP contribution in [0.5, 0.6) is 5.75 Å². The van der Waals surface area contributed by atoms with E-state index in [0.717, 1.165) is 0 Å². The predicted octanol–water partition coefficient (Wildman–Crippen LogP) is 3.02. The second-order valence-electron chi connectivity index (χ2n) is 6.12. The third-order valence-electron chi connectivity index (χ3n) is 4.12. The molecule has 2 aromatic carbocycles. The second-order valence-corrected chi connectivity index (χ2v) is 6.12. The van der Waals surface area contributed by atoms with Gasteiger partial charge in [0.15, 0.2) is 6.61 Å². The van der Waals surface area contributed by atoms with Crippen LogP contribution in [-0.2, 0) is 27.3 Å². The lowest BCUT2D eigenvalue weighted by Gasteiger charge is -2.17. The molecule has 0 aliphatic carbocycles. The monoisotopic (exact) mass is 371 g/mol. The Hall–Kier alpha value is -3.35. The zero-order valence-electron chi connectivity index (χ0n) is 14.6. The van der Waals surface area contributed by atoms with Crippen molar-refractivity contribution in [2.24, 2.45) is 0 Å². The number of phenolic OH excluding ortho intramolecular Hbond substituents is 1. The number of carbonyl (C=O) groups is 2. The summed E-state index contributed by atoms with van der Waals surface area (Å²) in [5.41, 5.74) is 1.44. The molecule has 1 heterocycles. The normalized spacial score (nSPS) is 10.7. The van der Waals surface area contributed by atoms with Gasteiger partial charge in [0.1, 0.15) is 17.1 Å². The van der Waals surface area contributed by atoms with Gasteiger partial charge in [-0.2, -0.15) is 0 Å². The summed E-state index contributed by atoms with van der Waals surface area (Å²) in [5, 5.41) is 10.1. The lowest BCUT2D eigenvalue weighted by Crippen LogP contribution is -2.31. The molecule has 7 heteroatoms. The highest BCUT2D eigenvalue weighted by Crippen LogP contribution is 2.25. The van der Waals surface area contributed by atoms with Crippen LogP contribution in [0.2, 0.25) is 0 Å². The molecule has 0 atom stereocenters. The number of carbonyl (C=O) groups excluding carboxylic acids is 2. The first-order valence-corrected chi connectivity index (χ1v) is 8.26. The van der Waals surface area contributed by atoms with Crippen LogP contribution >= 0.6 is 0 Å². The van der Waals surface area contributed by atoms with E-state index in [1.807, 2.05) is 0 Å². The van der Waals surface area contributed by atoms with Crippen LogP contribution < -0.4 is 0 Å². The van der Waals surface area contributed by atoms with E-state index in [1.54, 1.807) is 24.3 Å². The molecule has 27 heavy (non-hydrogen) atoms. The fraction of sp³-hybridized carbons (Fsp3) is 0.200. The number of nitrogens with zero attached hydrogens (tertiary/aromatic N) is 1. The van der Waals surface area contributed by atoms with Gasteiger partial charge in [-0.1, -0.05) is 18.2 Å². The molecular formula is C20H18FNO5. The summed E-state index contributed by atoms with van der Waals surface area (Å²) < 4.78 is 24.0. The average Bonchev–Trinajstić information content (AvgIpc) is 3.03. The van der Waals surface area contributed by atoms with Crippen LogP contribution in [0, 0.1) is 5.82 Å². The number of likely N-dealkylation sites (N-methyl/N-ethyl adjacent to an activating group) is 1. The smallest absolute Gasteiger partial charge is 0.310 e. The van der Waals surface area contributed by atoms with Crippen LogP contribution in [0.15, 0.2) is 53.1 Å². The zero-order valence-corrected chi connectivity index (χ0v) is 14.6. The van der Waals surface area contributed by atoms with Crippen molar-refractivity contribution < 1.29 is 28.2 Å². The van der Waals surface area contributed by atoms with Gasteiger partial charge in [-0.15, -0.1) is 0 Å². The number of hydrogen-bond acceptors (Lipinski definition) is 5. The number of benzene rings is 2. The predicted molar refractivity (Wildman–Crippen MR) is 95.4 cm³/mol. The van der Waals surface area contributed by atoms with Crippen LogP contribution in [0.4, 0.5) is 4.39 Å². The van der Waals surface area contributed by atoms with E-state index in [9.17, 15) is 19.1 Å². The Labute approximate surface area is 154 Å². The summed E-state index contributed by atoms with van der Waals surface area (Å²) in [7, 11) is 1.51. The van der Waals surface area contributed by atoms with Gasteiger partial charge in [0.25, 0.3) is 5.91 Å². The van der Waals surface area contributed by atoms with Crippen molar-refractivity contribution in [1.29, 1.82) is 0 Å². The standard InChI is InChI=1S/C20H18FNO5/c1-22(10-13-4-2-3-5-17(13)21)19(24)12-27-20(25)8-14-11-26-18-9-15(23)6-7-16(14)18/h2-7,9,11,23H,8,10,12H2,1H3. The first kappa shape index (κ1) is 18.4. The van der Waals surface area contributed by atoms with Crippen molar-refractivity contribution in [3.05, 3.63) is 65.7 Å². The van der Waals surface area contributed by atoms with Gasteiger partial charge in [0.2, 0.25) is 0 Å². The molecular weight excluding hydrogens is 353 g/mol. The van der Waals surface area contributed by atoms with Crippen molar-refractivity contribution in [3.63, 3.8) is 0 Å². The Morgan fingerprint density at radius 2 is 1.96 bits per heavy atom. The van der Waals surface area contributed by atoms with Crippen molar-refractivity contribution >= 4 is 22.8 Å². The maximum atomic E-state index is 13.6. The SMILES string of the molecule is CN(Cc1ccccc1F)C(=O)COC(=O)Cc1coc2cc(O)ccc12. The molecule has 1 amide bonds. The molecule has 0 radical (unpaired) electrons. The van der Waals surface area contributed by atoms with Gasteiger partial charge < -0.3 is 19.2 Å². The van der Waals surface area contributed by atoms with Crippen LogP contribution in [0.25, 0.3) is 11.0 Å². The van der Waals surface area contributed by atoms with E-state index in [0.29, 0.717) is 22.1 Å². The molecule has 0 aliphatic rings. The molecule has 0 spiro atoms. The van der Waals surface area contributed by atoms with E-state index < -0.39 is 24.3 Å². The average molecular weight is 371 g/mol. The largest absolute Gasteiger partial charge is 0.508 e. The summed E-state index contributed by atoms with van der Waals surface area (Å²) in [6.07, 6.45) is 1.35. The van der Waals surface area contributed by atoms with Gasteiger partial charge in [-0.05, 0) is 18.2 Å². The van der Waals surface area contributed by atoms with Gasteiger partial charge >= 0.3 is 5.97 Å². The number of ether oxygens (including phenoxy) is 1. The van der Waals surface area contributed by atoms with Crippen molar-refractivity contribution in [2.45, 2.75) is 13.0 Å². The minimum Gasteiger partial charge on any atom is -0.508 e. The van der Waals surface area contributed by atoms with E-state index in [1.165, 1.54) is 36.4 Å². The molecule has 0 saturated carbocycles. The molecule has 3 aromatic rings. The number of amides is 1. The number of fused-ring (bicyclic) bond motifs is 1. The lowest BCUT2D eigenvalue weighted by molar-refractivity contribution is -0.151. The first-order valence-electron chi connectivity index (χ1n) is 8.26. The van der Waals surface area contributed by atoms with Gasteiger partial charge in [0.05, 0.1) is 12.7 Å². The number of rotatable bonds is 6. The van der Waals surface area contributed by atoms with E-state index in [2.05, 4.69) is 0 Å². The van der Waals surface area contributed by atoms with Crippen molar-refractivity contribution in [2.75, 3.05) is 13.7 Å². The molecule has 0 saturated heterocycles. The number of phenols is 1. The Balaban J connectivity index is 1.53. The minimum absolute atomic E-state index is 0.0643. The van der Waals surface area contributed by atoms with Gasteiger partial charge in [-0.25, -0.2) is 4.39 Å². The second kappa shape index (κ2) is 7.90. The summed E-state index contributed by atoms with van der Waals surface area (Å²) in [4.78, 5) is 25.4. The highest BCUT2D eigenvalue weighted by Gasteiger charge is 2.16. The van der Waals surface area contributed by atoms with E-state index >= 15 is 0 Å². The maximum absolute atomic E-state index is 13.6. The molecule has 0 fully saturated rings. The van der Waals surface area contributed by atoms with Crippen LogP contribution in [-0.4, -0.2) is 35.5 Å².